The quantitative estimate of drug-likeness (QED) is 0.545. The molecular weight excluding hydrogens is 154 g/mol. The molecule has 0 aromatic heterocycles. The third-order valence-corrected chi connectivity index (χ3v) is 1.60. The topological polar surface area (TPSA) is 46.2 Å². The summed E-state index contributed by atoms with van der Waals surface area (Å²) in [5.41, 5.74) is 0. The Morgan fingerprint density at radius 1 is 1.33 bits per heavy atom. The Labute approximate surface area is 73.5 Å². The lowest BCUT2D eigenvalue weighted by atomic mass is 10.2. The molecule has 0 aliphatic rings. The average molecular weight is 169 g/mol. The van der Waals surface area contributed by atoms with E-state index in [1.165, 1.54) is 0 Å². The molecule has 0 heterocycles. The van der Waals surface area contributed by atoms with Gasteiger partial charge in [-0.2, -0.15) is 0 Å². The molecule has 0 saturated heterocycles. The molecule has 3 nitrogen and oxygen atoms in total. The SMILES string of the molecule is CCCCCN[C@H]([C]=O)C[C]=O. The van der Waals surface area contributed by atoms with Gasteiger partial charge in [0.1, 0.15) is 0 Å². The van der Waals surface area contributed by atoms with E-state index in [9.17, 15) is 9.59 Å². The molecule has 0 amide bonds. The van der Waals surface area contributed by atoms with Gasteiger partial charge in [-0.15, -0.1) is 0 Å². The number of hydrogen-bond donors (Lipinski definition) is 1. The van der Waals surface area contributed by atoms with E-state index in [0.717, 1.165) is 25.8 Å². The van der Waals surface area contributed by atoms with Gasteiger partial charge in [0.05, 0.1) is 6.04 Å². The number of rotatable bonds is 8. The molecule has 0 aromatic carbocycles. The van der Waals surface area contributed by atoms with E-state index in [1.54, 1.807) is 12.6 Å². The standard InChI is InChI=1S/C9H15NO2/c1-2-3-4-6-10-9(8-12)5-7-11/h9-10H,2-6H2,1H3/t9-/m0/s1. The number of unbranched alkanes of at least 4 members (excludes halogenated alkanes) is 2. The van der Waals surface area contributed by atoms with E-state index < -0.39 is 6.04 Å². The van der Waals surface area contributed by atoms with Crippen molar-refractivity contribution < 1.29 is 9.59 Å². The van der Waals surface area contributed by atoms with Crippen molar-refractivity contribution in [3.63, 3.8) is 0 Å². The fraction of sp³-hybridized carbons (Fsp3) is 0.778. The first-order valence-corrected chi connectivity index (χ1v) is 4.31. The maximum atomic E-state index is 10.2. The highest BCUT2D eigenvalue weighted by atomic mass is 16.1. The van der Waals surface area contributed by atoms with Crippen LogP contribution in [-0.2, 0) is 9.59 Å². The van der Waals surface area contributed by atoms with Crippen molar-refractivity contribution >= 4 is 12.6 Å². The van der Waals surface area contributed by atoms with E-state index >= 15 is 0 Å². The van der Waals surface area contributed by atoms with E-state index in [4.69, 9.17) is 0 Å². The van der Waals surface area contributed by atoms with Crippen LogP contribution in [0.25, 0.3) is 0 Å². The molecule has 0 fully saturated rings. The van der Waals surface area contributed by atoms with Crippen LogP contribution in [0.3, 0.4) is 0 Å². The minimum Gasteiger partial charge on any atom is -0.307 e. The fourth-order valence-electron chi connectivity index (χ4n) is 0.890. The molecule has 1 atom stereocenters. The molecule has 1 N–H and O–H groups in total. The van der Waals surface area contributed by atoms with Crippen LogP contribution in [0.4, 0.5) is 0 Å². The van der Waals surface area contributed by atoms with Crippen molar-refractivity contribution in [1.82, 2.24) is 5.32 Å². The third kappa shape index (κ3) is 6.04. The minimum absolute atomic E-state index is 0.107. The first-order valence-electron chi connectivity index (χ1n) is 4.31. The summed E-state index contributed by atoms with van der Waals surface area (Å²) in [6, 6.07) is -0.459. The molecular formula is C9H15NO2. The predicted molar refractivity (Wildman–Crippen MR) is 47.3 cm³/mol. The largest absolute Gasteiger partial charge is 0.307 e. The molecule has 0 aliphatic heterocycles. The highest BCUT2D eigenvalue weighted by Crippen LogP contribution is 1.92. The first-order chi connectivity index (χ1) is 5.85. The van der Waals surface area contributed by atoms with Crippen LogP contribution in [0.2, 0.25) is 0 Å². The van der Waals surface area contributed by atoms with Crippen molar-refractivity contribution in [2.45, 2.75) is 38.6 Å². The van der Waals surface area contributed by atoms with E-state index in [0.29, 0.717) is 0 Å². The summed E-state index contributed by atoms with van der Waals surface area (Å²) in [6.07, 6.45) is 6.87. The fourth-order valence-corrected chi connectivity index (χ4v) is 0.890. The lowest BCUT2D eigenvalue weighted by Crippen LogP contribution is -2.31. The summed E-state index contributed by atoms with van der Waals surface area (Å²) in [4.78, 5) is 20.1. The van der Waals surface area contributed by atoms with E-state index in [2.05, 4.69) is 12.2 Å². The molecule has 68 valence electrons. The predicted octanol–water partition coefficient (Wildman–Crippen LogP) is 0.744. The van der Waals surface area contributed by atoms with Crippen LogP contribution >= 0.6 is 0 Å². The van der Waals surface area contributed by atoms with Crippen LogP contribution in [0.15, 0.2) is 0 Å². The molecule has 0 saturated carbocycles. The summed E-state index contributed by atoms with van der Waals surface area (Å²) in [5, 5.41) is 2.92. The highest BCUT2D eigenvalue weighted by molar-refractivity contribution is 5.66. The zero-order valence-electron chi connectivity index (χ0n) is 7.43. The van der Waals surface area contributed by atoms with Crippen LogP contribution in [0.1, 0.15) is 32.6 Å². The second-order valence-corrected chi connectivity index (χ2v) is 2.68. The Balaban J connectivity index is 3.31. The molecule has 0 bridgehead atoms. The molecule has 12 heavy (non-hydrogen) atoms. The molecule has 2 radical (unpaired) electrons. The van der Waals surface area contributed by atoms with Crippen LogP contribution in [0, 0.1) is 0 Å². The van der Waals surface area contributed by atoms with Gasteiger partial charge in [0, 0.05) is 6.42 Å². The molecule has 0 aromatic rings. The van der Waals surface area contributed by atoms with Crippen LogP contribution in [-0.4, -0.2) is 25.2 Å². The Bertz CT molecular complexity index is 126. The normalized spacial score (nSPS) is 12.4. The van der Waals surface area contributed by atoms with Crippen LogP contribution < -0.4 is 5.32 Å². The summed E-state index contributed by atoms with van der Waals surface area (Å²) in [6.45, 7) is 2.89. The molecule has 0 aliphatic carbocycles. The zero-order valence-corrected chi connectivity index (χ0v) is 7.43. The van der Waals surface area contributed by atoms with E-state index in [-0.39, 0.29) is 6.42 Å². The van der Waals surface area contributed by atoms with Gasteiger partial charge in [0.25, 0.3) is 0 Å². The summed E-state index contributed by atoms with van der Waals surface area (Å²) >= 11 is 0. The smallest absolute Gasteiger partial charge is 0.217 e. The number of hydrogen-bond acceptors (Lipinski definition) is 3. The first kappa shape index (κ1) is 11.3. The van der Waals surface area contributed by atoms with Gasteiger partial charge < -0.3 is 5.32 Å². The van der Waals surface area contributed by atoms with Crippen molar-refractivity contribution in [2.24, 2.45) is 0 Å². The molecule has 0 rings (SSSR count). The van der Waals surface area contributed by atoms with Crippen LogP contribution in [0.5, 0.6) is 0 Å². The lowest BCUT2D eigenvalue weighted by Gasteiger charge is -2.06. The second kappa shape index (κ2) is 8.40. The van der Waals surface area contributed by atoms with Gasteiger partial charge in [-0.05, 0) is 13.0 Å². The van der Waals surface area contributed by atoms with Gasteiger partial charge in [-0.25, -0.2) is 0 Å². The minimum atomic E-state index is -0.459. The van der Waals surface area contributed by atoms with Gasteiger partial charge >= 0.3 is 0 Å². The summed E-state index contributed by atoms with van der Waals surface area (Å²) in [5.74, 6) is 0. The number of nitrogens with one attached hydrogen (secondary N) is 1. The summed E-state index contributed by atoms with van der Waals surface area (Å²) < 4.78 is 0. The second-order valence-electron chi connectivity index (χ2n) is 2.68. The Hall–Kier alpha value is -0.700. The monoisotopic (exact) mass is 169 g/mol. The van der Waals surface area contributed by atoms with Crippen molar-refractivity contribution in [3.05, 3.63) is 0 Å². The number of carbonyl (C=O) groups excluding carboxylic acids is 2. The molecule has 0 unspecified atom stereocenters. The molecule has 3 heteroatoms. The highest BCUT2D eigenvalue weighted by Gasteiger charge is 2.05. The van der Waals surface area contributed by atoms with Gasteiger partial charge in [-0.1, -0.05) is 19.8 Å². The average Bonchev–Trinajstić information content (AvgIpc) is 2.10. The summed E-state index contributed by atoms with van der Waals surface area (Å²) in [7, 11) is 0. The Morgan fingerprint density at radius 2 is 2.08 bits per heavy atom. The Morgan fingerprint density at radius 3 is 2.58 bits per heavy atom. The molecule has 0 spiro atoms. The Kier molecular flexibility index (Phi) is 7.91. The van der Waals surface area contributed by atoms with Crippen molar-refractivity contribution in [1.29, 1.82) is 0 Å². The van der Waals surface area contributed by atoms with Gasteiger partial charge in [0.2, 0.25) is 6.29 Å². The maximum Gasteiger partial charge on any atom is 0.217 e. The van der Waals surface area contributed by atoms with Gasteiger partial charge in [0.15, 0.2) is 6.29 Å². The third-order valence-electron chi connectivity index (χ3n) is 1.60. The van der Waals surface area contributed by atoms with E-state index in [1.807, 2.05) is 0 Å². The van der Waals surface area contributed by atoms with Gasteiger partial charge in [-0.3, -0.25) is 9.59 Å². The van der Waals surface area contributed by atoms with Crippen molar-refractivity contribution in [3.8, 4) is 0 Å². The maximum absolute atomic E-state index is 10.2. The zero-order chi connectivity index (χ0) is 9.23. The van der Waals surface area contributed by atoms with Crippen molar-refractivity contribution in [2.75, 3.05) is 6.54 Å². The lowest BCUT2D eigenvalue weighted by molar-refractivity contribution is 0.498.